The minimum absolute atomic E-state index is 0.0145. The Bertz CT molecular complexity index is 845. The zero-order valence-electron chi connectivity index (χ0n) is 15.6. The molecule has 2 aromatic carbocycles. The third-order valence-corrected chi connectivity index (χ3v) is 5.02. The number of benzene rings is 2. The van der Waals surface area contributed by atoms with Crippen molar-refractivity contribution in [1.82, 2.24) is 5.32 Å². The van der Waals surface area contributed by atoms with Gasteiger partial charge in [-0.15, -0.1) is 0 Å². The van der Waals surface area contributed by atoms with Crippen LogP contribution in [0.4, 0.5) is 5.69 Å². The Morgan fingerprint density at radius 3 is 2.32 bits per heavy atom. The molecule has 0 heterocycles. The molecule has 6 heteroatoms. The number of hydrogen-bond donors (Lipinski definition) is 3. The smallest absolute Gasteiger partial charge is 0.330 e. The molecule has 0 aromatic heterocycles. The van der Waals surface area contributed by atoms with Crippen LogP contribution >= 0.6 is 0 Å². The Labute approximate surface area is 164 Å². The summed E-state index contributed by atoms with van der Waals surface area (Å²) >= 11 is 0. The van der Waals surface area contributed by atoms with Crippen LogP contribution in [0.15, 0.2) is 54.6 Å². The van der Waals surface area contributed by atoms with E-state index in [-0.39, 0.29) is 11.8 Å². The number of carbonyl (C=O) groups is 3. The SMILES string of the molecule is O=C(NC(C(=O)O)c1ccccc1)c1cccc(NC(=O)C2CCCCC2)c1. The molecule has 0 spiro atoms. The van der Waals surface area contributed by atoms with Crippen molar-refractivity contribution in [3.8, 4) is 0 Å². The molecule has 28 heavy (non-hydrogen) atoms. The fraction of sp³-hybridized carbons (Fsp3) is 0.318. The Morgan fingerprint density at radius 2 is 1.64 bits per heavy atom. The van der Waals surface area contributed by atoms with Gasteiger partial charge in [-0.2, -0.15) is 0 Å². The van der Waals surface area contributed by atoms with E-state index in [2.05, 4.69) is 10.6 Å². The van der Waals surface area contributed by atoms with Crippen LogP contribution in [-0.4, -0.2) is 22.9 Å². The molecule has 0 saturated heterocycles. The van der Waals surface area contributed by atoms with Crippen LogP contribution in [-0.2, 0) is 9.59 Å². The van der Waals surface area contributed by atoms with Crippen LogP contribution in [0, 0.1) is 5.92 Å². The van der Waals surface area contributed by atoms with Crippen LogP contribution in [0.5, 0.6) is 0 Å². The molecule has 1 unspecified atom stereocenters. The lowest BCUT2D eigenvalue weighted by Gasteiger charge is -2.21. The molecule has 0 radical (unpaired) electrons. The average Bonchev–Trinajstić information content (AvgIpc) is 2.73. The molecule has 1 aliphatic carbocycles. The van der Waals surface area contributed by atoms with Crippen molar-refractivity contribution < 1.29 is 19.5 Å². The molecule has 0 aliphatic heterocycles. The standard InChI is InChI=1S/C22H24N2O4/c25-20(16-10-5-2-6-11-16)23-18-13-7-12-17(14-18)21(26)24-19(22(27)28)15-8-3-1-4-9-15/h1,3-4,7-9,12-14,16,19H,2,5-6,10-11H2,(H,23,25)(H,24,26)(H,27,28). The van der Waals surface area contributed by atoms with E-state index in [1.807, 2.05) is 0 Å². The van der Waals surface area contributed by atoms with Gasteiger partial charge in [-0.1, -0.05) is 55.7 Å². The highest BCUT2D eigenvalue weighted by Crippen LogP contribution is 2.25. The lowest BCUT2D eigenvalue weighted by Crippen LogP contribution is -2.33. The summed E-state index contributed by atoms with van der Waals surface area (Å²) < 4.78 is 0. The van der Waals surface area contributed by atoms with Crippen molar-refractivity contribution in [2.24, 2.45) is 5.92 Å². The Kier molecular flexibility index (Phi) is 6.42. The van der Waals surface area contributed by atoms with Gasteiger partial charge in [0.15, 0.2) is 6.04 Å². The normalized spacial score (nSPS) is 15.4. The maximum Gasteiger partial charge on any atom is 0.330 e. The highest BCUT2D eigenvalue weighted by atomic mass is 16.4. The van der Waals surface area contributed by atoms with Gasteiger partial charge in [0.25, 0.3) is 5.91 Å². The van der Waals surface area contributed by atoms with Crippen LogP contribution < -0.4 is 10.6 Å². The quantitative estimate of drug-likeness (QED) is 0.711. The van der Waals surface area contributed by atoms with E-state index >= 15 is 0 Å². The molecule has 1 aliphatic rings. The second-order valence-electron chi connectivity index (χ2n) is 7.06. The molecular weight excluding hydrogens is 356 g/mol. The third-order valence-electron chi connectivity index (χ3n) is 5.02. The van der Waals surface area contributed by atoms with Crippen LogP contribution in [0.2, 0.25) is 0 Å². The van der Waals surface area contributed by atoms with E-state index in [0.717, 1.165) is 25.7 Å². The number of carboxylic acid groups (broad SMARTS) is 1. The number of hydrogen-bond acceptors (Lipinski definition) is 3. The van der Waals surface area contributed by atoms with Crippen molar-refractivity contribution in [3.05, 3.63) is 65.7 Å². The van der Waals surface area contributed by atoms with E-state index < -0.39 is 17.9 Å². The summed E-state index contributed by atoms with van der Waals surface area (Å²) in [7, 11) is 0. The number of rotatable bonds is 6. The first-order chi connectivity index (χ1) is 13.5. The highest BCUT2D eigenvalue weighted by Gasteiger charge is 2.23. The van der Waals surface area contributed by atoms with E-state index in [4.69, 9.17) is 0 Å². The van der Waals surface area contributed by atoms with Crippen LogP contribution in [0.25, 0.3) is 0 Å². The van der Waals surface area contributed by atoms with Gasteiger partial charge in [0, 0.05) is 17.2 Å². The van der Waals surface area contributed by atoms with Gasteiger partial charge in [-0.05, 0) is 36.6 Å². The number of nitrogens with one attached hydrogen (secondary N) is 2. The molecule has 0 bridgehead atoms. The number of carbonyl (C=O) groups excluding carboxylic acids is 2. The molecule has 2 amide bonds. The van der Waals surface area contributed by atoms with Crippen molar-refractivity contribution in [1.29, 1.82) is 0 Å². The van der Waals surface area contributed by atoms with Gasteiger partial charge in [0.1, 0.15) is 0 Å². The highest BCUT2D eigenvalue weighted by molar-refractivity contribution is 5.99. The van der Waals surface area contributed by atoms with E-state index in [1.165, 1.54) is 6.42 Å². The Hall–Kier alpha value is -3.15. The largest absolute Gasteiger partial charge is 0.479 e. The first-order valence-corrected chi connectivity index (χ1v) is 9.54. The van der Waals surface area contributed by atoms with Gasteiger partial charge in [0.2, 0.25) is 5.91 Å². The number of aliphatic carboxylic acids is 1. The zero-order valence-corrected chi connectivity index (χ0v) is 15.6. The second kappa shape index (κ2) is 9.17. The third kappa shape index (κ3) is 4.97. The van der Waals surface area contributed by atoms with E-state index in [0.29, 0.717) is 16.8 Å². The molecule has 3 N–H and O–H groups in total. The first kappa shape index (κ1) is 19.6. The minimum Gasteiger partial charge on any atom is -0.479 e. The molecular formula is C22H24N2O4. The molecule has 1 fully saturated rings. The lowest BCUT2D eigenvalue weighted by molar-refractivity contribution is -0.139. The maximum atomic E-state index is 12.6. The first-order valence-electron chi connectivity index (χ1n) is 9.54. The summed E-state index contributed by atoms with van der Waals surface area (Å²) in [6.45, 7) is 0. The van der Waals surface area contributed by atoms with Crippen molar-refractivity contribution in [2.75, 3.05) is 5.32 Å². The monoisotopic (exact) mass is 380 g/mol. The fourth-order valence-corrected chi connectivity index (χ4v) is 3.49. The summed E-state index contributed by atoms with van der Waals surface area (Å²) in [4.78, 5) is 36.6. The fourth-order valence-electron chi connectivity index (χ4n) is 3.49. The van der Waals surface area contributed by atoms with Gasteiger partial charge in [0.05, 0.1) is 0 Å². The van der Waals surface area contributed by atoms with Gasteiger partial charge >= 0.3 is 5.97 Å². The summed E-state index contributed by atoms with van der Waals surface area (Å²) in [6.07, 6.45) is 5.09. The number of amides is 2. The lowest BCUT2D eigenvalue weighted by atomic mass is 9.88. The average molecular weight is 380 g/mol. The van der Waals surface area contributed by atoms with Gasteiger partial charge in [-0.25, -0.2) is 4.79 Å². The molecule has 2 aromatic rings. The number of carboxylic acids is 1. The second-order valence-corrected chi connectivity index (χ2v) is 7.06. The molecule has 3 rings (SSSR count). The minimum atomic E-state index is -1.14. The van der Waals surface area contributed by atoms with Gasteiger partial charge in [-0.3, -0.25) is 9.59 Å². The summed E-state index contributed by atoms with van der Waals surface area (Å²) in [5.74, 6) is -1.66. The molecule has 1 atom stereocenters. The maximum absolute atomic E-state index is 12.6. The predicted molar refractivity (Wildman–Crippen MR) is 106 cm³/mol. The molecule has 1 saturated carbocycles. The Balaban J connectivity index is 1.69. The van der Waals surface area contributed by atoms with E-state index in [1.54, 1.807) is 54.6 Å². The predicted octanol–water partition coefficient (Wildman–Crippen LogP) is 3.76. The van der Waals surface area contributed by atoms with E-state index in [9.17, 15) is 19.5 Å². The topological polar surface area (TPSA) is 95.5 Å². The van der Waals surface area contributed by atoms with Crippen molar-refractivity contribution >= 4 is 23.5 Å². The Morgan fingerprint density at radius 1 is 0.929 bits per heavy atom. The number of anilines is 1. The van der Waals surface area contributed by atoms with Crippen molar-refractivity contribution in [2.45, 2.75) is 38.1 Å². The molecule has 146 valence electrons. The van der Waals surface area contributed by atoms with Crippen LogP contribution in [0.1, 0.15) is 54.1 Å². The summed E-state index contributed by atoms with van der Waals surface area (Å²) in [5, 5.41) is 14.9. The van der Waals surface area contributed by atoms with Crippen molar-refractivity contribution in [3.63, 3.8) is 0 Å². The molecule has 6 nitrogen and oxygen atoms in total. The zero-order chi connectivity index (χ0) is 19.9. The summed E-state index contributed by atoms with van der Waals surface area (Å²) in [6, 6.07) is 13.9. The van der Waals surface area contributed by atoms with Crippen LogP contribution in [0.3, 0.4) is 0 Å². The summed E-state index contributed by atoms with van der Waals surface area (Å²) in [5.41, 5.74) is 1.32. The van der Waals surface area contributed by atoms with Gasteiger partial charge < -0.3 is 15.7 Å².